The fourth-order valence-corrected chi connectivity index (χ4v) is 1.07. The number of nitrogens with two attached hydrogens (primary N) is 1. The number of amides is 1. The Hall–Kier alpha value is -1.79. The Kier molecular flexibility index (Phi) is 3.36. The van der Waals surface area contributed by atoms with Crippen molar-refractivity contribution in [2.45, 2.75) is 6.18 Å². The summed E-state index contributed by atoms with van der Waals surface area (Å²) in [6.45, 7) is -1.15. The second kappa shape index (κ2) is 4.38. The number of carbonyl (C=O) groups excluding carboxylic acids is 1. The lowest BCUT2D eigenvalue weighted by molar-refractivity contribution is -0.119. The molecule has 0 aromatic carbocycles. The lowest BCUT2D eigenvalue weighted by Crippen LogP contribution is -2.31. The van der Waals surface area contributed by atoms with Gasteiger partial charge in [0.1, 0.15) is 18.1 Å². The summed E-state index contributed by atoms with van der Waals surface area (Å²) < 4.78 is 36.2. The van der Waals surface area contributed by atoms with Crippen molar-refractivity contribution in [2.24, 2.45) is 5.73 Å². The van der Waals surface area contributed by atoms with Gasteiger partial charge in [-0.2, -0.15) is 13.2 Å². The Morgan fingerprint density at radius 2 is 2.25 bits per heavy atom. The van der Waals surface area contributed by atoms with Crippen molar-refractivity contribution in [1.82, 2.24) is 4.98 Å². The van der Waals surface area contributed by atoms with E-state index >= 15 is 0 Å². The molecule has 1 heterocycles. The molecule has 1 rings (SSSR count). The maximum atomic E-state index is 12.1. The molecular weight excluding hydrogens is 223 g/mol. The minimum Gasteiger partial charge on any atom is -0.364 e. The molecule has 0 saturated carbocycles. The fourth-order valence-electron chi connectivity index (χ4n) is 1.07. The van der Waals surface area contributed by atoms with Gasteiger partial charge in [0.25, 0.3) is 5.91 Å². The largest absolute Gasteiger partial charge is 0.405 e. The maximum Gasteiger partial charge on any atom is 0.405 e. The molecule has 87 valence electrons. The van der Waals surface area contributed by atoms with Gasteiger partial charge in [0.15, 0.2) is 0 Å². The average molecular weight is 232 g/mol. The Balaban J connectivity index is 2.87. The standard InChI is InChI=1S/C9H9F3N3O/c1-15(5-9(10,11)12)7-4-2-3-6(14-7)8(13)16/h2,4H,5H2,1H3,(H2,13,16). The molecular formula is C9H9F3N3O. The van der Waals surface area contributed by atoms with Crippen LogP contribution in [0.4, 0.5) is 19.0 Å². The summed E-state index contributed by atoms with van der Waals surface area (Å²) in [5.74, 6) is -0.813. The Morgan fingerprint density at radius 3 is 2.75 bits per heavy atom. The second-order valence-corrected chi connectivity index (χ2v) is 3.13. The molecule has 16 heavy (non-hydrogen) atoms. The van der Waals surface area contributed by atoms with E-state index in [-0.39, 0.29) is 11.5 Å². The van der Waals surface area contributed by atoms with Crippen molar-refractivity contribution in [3.05, 3.63) is 23.9 Å². The van der Waals surface area contributed by atoms with Crippen molar-refractivity contribution in [2.75, 3.05) is 18.5 Å². The molecule has 0 saturated heterocycles. The van der Waals surface area contributed by atoms with E-state index in [9.17, 15) is 18.0 Å². The van der Waals surface area contributed by atoms with Gasteiger partial charge in [0.05, 0.1) is 0 Å². The molecule has 7 heteroatoms. The molecule has 1 radical (unpaired) electrons. The van der Waals surface area contributed by atoms with Gasteiger partial charge in [-0.1, -0.05) is 0 Å². The van der Waals surface area contributed by atoms with E-state index in [0.29, 0.717) is 0 Å². The summed E-state index contributed by atoms with van der Waals surface area (Å²) in [6.07, 6.45) is -4.33. The summed E-state index contributed by atoms with van der Waals surface area (Å²) in [5.41, 5.74) is 4.75. The fraction of sp³-hybridized carbons (Fsp3) is 0.333. The molecule has 1 aromatic heterocycles. The van der Waals surface area contributed by atoms with Crippen LogP contribution in [-0.4, -0.2) is 30.7 Å². The quantitative estimate of drug-likeness (QED) is 0.845. The predicted molar refractivity (Wildman–Crippen MR) is 50.9 cm³/mol. The number of halogens is 3. The first kappa shape index (κ1) is 12.3. The van der Waals surface area contributed by atoms with Crippen LogP contribution in [-0.2, 0) is 0 Å². The minimum atomic E-state index is -4.33. The van der Waals surface area contributed by atoms with Crippen LogP contribution in [0.1, 0.15) is 10.5 Å². The number of hydrogen-bond donors (Lipinski definition) is 1. The number of aromatic nitrogens is 1. The highest BCUT2D eigenvalue weighted by molar-refractivity contribution is 5.90. The van der Waals surface area contributed by atoms with Crippen molar-refractivity contribution >= 4 is 11.7 Å². The van der Waals surface area contributed by atoms with E-state index in [2.05, 4.69) is 11.1 Å². The summed E-state index contributed by atoms with van der Waals surface area (Å²) >= 11 is 0. The highest BCUT2D eigenvalue weighted by atomic mass is 19.4. The summed E-state index contributed by atoms with van der Waals surface area (Å²) in [4.78, 5) is 15.3. The van der Waals surface area contributed by atoms with Crippen LogP contribution in [0.25, 0.3) is 0 Å². The Labute approximate surface area is 89.9 Å². The van der Waals surface area contributed by atoms with Gasteiger partial charge < -0.3 is 10.6 Å². The molecule has 1 amide bonds. The molecule has 0 unspecified atom stereocenters. The van der Waals surface area contributed by atoms with Crippen LogP contribution in [0.2, 0.25) is 0 Å². The number of anilines is 1. The first-order valence-electron chi connectivity index (χ1n) is 4.26. The third kappa shape index (κ3) is 3.41. The molecule has 2 N–H and O–H groups in total. The third-order valence-corrected chi connectivity index (χ3v) is 1.72. The van der Waals surface area contributed by atoms with Gasteiger partial charge in [-0.15, -0.1) is 0 Å². The first-order valence-corrected chi connectivity index (χ1v) is 4.26. The number of primary amides is 1. The zero-order chi connectivity index (χ0) is 12.3. The number of nitrogens with zero attached hydrogens (tertiary/aromatic N) is 2. The lowest BCUT2D eigenvalue weighted by atomic mass is 10.3. The zero-order valence-corrected chi connectivity index (χ0v) is 8.38. The number of carbonyl (C=O) groups is 1. The van der Waals surface area contributed by atoms with E-state index in [1.54, 1.807) is 0 Å². The molecule has 0 aliphatic heterocycles. The van der Waals surface area contributed by atoms with E-state index < -0.39 is 18.6 Å². The topological polar surface area (TPSA) is 59.2 Å². The van der Waals surface area contributed by atoms with Crippen LogP contribution in [0, 0.1) is 6.07 Å². The number of hydrogen-bond acceptors (Lipinski definition) is 3. The van der Waals surface area contributed by atoms with Gasteiger partial charge in [-0.05, 0) is 12.1 Å². The van der Waals surface area contributed by atoms with Gasteiger partial charge in [0.2, 0.25) is 0 Å². The Morgan fingerprint density at radius 1 is 1.62 bits per heavy atom. The highest BCUT2D eigenvalue weighted by Crippen LogP contribution is 2.19. The monoisotopic (exact) mass is 232 g/mol. The van der Waals surface area contributed by atoms with Gasteiger partial charge in [0, 0.05) is 13.1 Å². The molecule has 0 aliphatic carbocycles. The number of pyridine rings is 1. The van der Waals surface area contributed by atoms with Crippen molar-refractivity contribution in [3.8, 4) is 0 Å². The molecule has 4 nitrogen and oxygen atoms in total. The molecule has 0 spiro atoms. The lowest BCUT2D eigenvalue weighted by Gasteiger charge is -2.19. The summed E-state index contributed by atoms with van der Waals surface area (Å²) in [5, 5.41) is 0. The molecule has 1 aromatic rings. The van der Waals surface area contributed by atoms with Crippen LogP contribution in [0.5, 0.6) is 0 Å². The van der Waals surface area contributed by atoms with Crippen LogP contribution >= 0.6 is 0 Å². The number of rotatable bonds is 3. The summed E-state index contributed by atoms with van der Waals surface area (Å²) in [6, 6.07) is 5.05. The van der Waals surface area contributed by atoms with Gasteiger partial charge >= 0.3 is 6.18 Å². The highest BCUT2D eigenvalue weighted by Gasteiger charge is 2.29. The second-order valence-electron chi connectivity index (χ2n) is 3.13. The molecule has 0 aliphatic rings. The first-order chi connectivity index (χ1) is 7.29. The Bertz CT molecular complexity index is 392. The van der Waals surface area contributed by atoms with Crippen molar-refractivity contribution in [3.63, 3.8) is 0 Å². The summed E-state index contributed by atoms with van der Waals surface area (Å²) in [7, 11) is 1.22. The van der Waals surface area contributed by atoms with Gasteiger partial charge in [-0.3, -0.25) is 4.79 Å². The maximum absolute atomic E-state index is 12.1. The van der Waals surface area contributed by atoms with E-state index in [4.69, 9.17) is 5.73 Å². The van der Waals surface area contributed by atoms with Gasteiger partial charge in [-0.25, -0.2) is 4.98 Å². The van der Waals surface area contributed by atoms with Crippen LogP contribution < -0.4 is 10.6 Å². The SMILES string of the molecule is CN(CC(F)(F)F)c1cc[c]c(C(N)=O)n1. The normalized spacial score (nSPS) is 11.2. The third-order valence-electron chi connectivity index (χ3n) is 1.72. The van der Waals surface area contributed by atoms with Crippen molar-refractivity contribution < 1.29 is 18.0 Å². The number of alkyl halides is 3. The minimum absolute atomic E-state index is 0.0184. The molecule has 0 atom stereocenters. The molecule has 0 bridgehead atoms. The van der Waals surface area contributed by atoms with Crippen LogP contribution in [0.3, 0.4) is 0 Å². The van der Waals surface area contributed by atoms with Crippen LogP contribution in [0.15, 0.2) is 12.1 Å². The van der Waals surface area contributed by atoms with E-state index in [1.807, 2.05) is 0 Å². The predicted octanol–water partition coefficient (Wildman–Crippen LogP) is 0.979. The van der Waals surface area contributed by atoms with E-state index in [0.717, 1.165) is 4.90 Å². The average Bonchev–Trinajstić information content (AvgIpc) is 2.15. The smallest absolute Gasteiger partial charge is 0.364 e. The zero-order valence-electron chi connectivity index (χ0n) is 8.38. The van der Waals surface area contributed by atoms with E-state index in [1.165, 1.54) is 19.2 Å². The van der Waals surface area contributed by atoms with Crippen molar-refractivity contribution in [1.29, 1.82) is 0 Å². The molecule has 0 fully saturated rings.